The minimum absolute atomic E-state index is 0.0494. The number of benzene rings is 1. The average molecular weight is 761 g/mol. The van der Waals surface area contributed by atoms with Crippen LogP contribution in [-0.4, -0.2) is 89.6 Å². The fourth-order valence-corrected chi connectivity index (χ4v) is 9.09. The van der Waals surface area contributed by atoms with Crippen LogP contribution in [0.2, 0.25) is 5.02 Å². The Morgan fingerprint density at radius 3 is 2.60 bits per heavy atom. The van der Waals surface area contributed by atoms with Crippen LogP contribution in [0.1, 0.15) is 96.1 Å². The van der Waals surface area contributed by atoms with Crippen molar-refractivity contribution in [3.63, 3.8) is 0 Å². The number of carbonyl (C=O) groups excluding carboxylic acids is 5. The van der Waals surface area contributed by atoms with E-state index in [1.165, 1.54) is 4.90 Å². The van der Waals surface area contributed by atoms with E-state index >= 15 is 0 Å². The third-order valence-electron chi connectivity index (χ3n) is 10.5. The van der Waals surface area contributed by atoms with E-state index in [2.05, 4.69) is 10.0 Å². The number of hydrogen-bond donors (Lipinski definition) is 2. The van der Waals surface area contributed by atoms with Gasteiger partial charge in [-0.05, 0) is 82.9 Å². The second-order valence-electron chi connectivity index (χ2n) is 15.8. The minimum Gasteiger partial charge on any atom is -0.460 e. The van der Waals surface area contributed by atoms with E-state index in [-0.39, 0.29) is 32.4 Å². The van der Waals surface area contributed by atoms with Crippen molar-refractivity contribution in [2.24, 2.45) is 11.8 Å². The molecule has 0 spiro atoms. The first-order chi connectivity index (χ1) is 24.6. The Labute approximate surface area is 310 Å². The van der Waals surface area contributed by atoms with Crippen molar-refractivity contribution in [1.29, 1.82) is 0 Å². The van der Waals surface area contributed by atoms with E-state index in [1.54, 1.807) is 31.7 Å². The molecule has 3 aliphatic heterocycles. The maximum Gasteiger partial charge on any atom is 0.410 e. The molecule has 5 aliphatic rings. The van der Waals surface area contributed by atoms with Gasteiger partial charge in [-0.1, -0.05) is 48.7 Å². The fourth-order valence-electron chi connectivity index (χ4n) is 7.48. The normalized spacial score (nSPS) is 28.9. The van der Waals surface area contributed by atoms with Crippen molar-refractivity contribution < 1.29 is 41.9 Å². The molecule has 6 rings (SSSR count). The Kier molecular flexibility index (Phi) is 11.0. The van der Waals surface area contributed by atoms with Crippen molar-refractivity contribution in [3.05, 3.63) is 46.5 Å². The summed E-state index contributed by atoms with van der Waals surface area (Å²) in [5.41, 5.74) is -0.386. The van der Waals surface area contributed by atoms with Gasteiger partial charge in [0.1, 0.15) is 23.3 Å². The maximum atomic E-state index is 14.4. The van der Waals surface area contributed by atoms with Gasteiger partial charge in [0.05, 0.1) is 24.8 Å². The highest BCUT2D eigenvalue weighted by Crippen LogP contribution is 2.46. The fraction of sp³-hybridized carbons (Fsp3) is 0.649. The van der Waals surface area contributed by atoms with Gasteiger partial charge in [-0.3, -0.25) is 23.9 Å². The lowest BCUT2D eigenvalue weighted by molar-refractivity contribution is -0.159. The molecule has 3 fully saturated rings. The number of carbonyl (C=O) groups is 5. The highest BCUT2D eigenvalue weighted by atomic mass is 35.5. The number of hydrogen-bond acceptors (Lipinski definition) is 9. The van der Waals surface area contributed by atoms with Crippen LogP contribution in [0.3, 0.4) is 0 Å². The van der Waals surface area contributed by atoms with Crippen LogP contribution in [-0.2, 0) is 51.6 Å². The molecule has 1 aromatic carbocycles. The van der Waals surface area contributed by atoms with Crippen LogP contribution in [0.15, 0.2) is 30.4 Å². The summed E-state index contributed by atoms with van der Waals surface area (Å²) in [7, 11) is -3.90. The Morgan fingerprint density at radius 2 is 1.87 bits per heavy atom. The predicted molar refractivity (Wildman–Crippen MR) is 191 cm³/mol. The zero-order chi connectivity index (χ0) is 37.4. The summed E-state index contributed by atoms with van der Waals surface area (Å²) in [5.74, 6) is -3.69. The summed E-state index contributed by atoms with van der Waals surface area (Å²) < 4.78 is 39.3. The third-order valence-corrected chi connectivity index (χ3v) is 12.7. The minimum atomic E-state index is -3.90. The number of esters is 1. The van der Waals surface area contributed by atoms with Crippen LogP contribution >= 0.6 is 11.6 Å². The van der Waals surface area contributed by atoms with E-state index in [0.29, 0.717) is 50.1 Å². The van der Waals surface area contributed by atoms with E-state index in [9.17, 15) is 32.4 Å². The van der Waals surface area contributed by atoms with Crippen molar-refractivity contribution in [2.45, 2.75) is 126 Å². The van der Waals surface area contributed by atoms with Crippen molar-refractivity contribution >= 4 is 51.4 Å². The van der Waals surface area contributed by atoms with Crippen LogP contribution < -0.4 is 10.0 Å². The van der Waals surface area contributed by atoms with E-state index in [4.69, 9.17) is 21.1 Å². The zero-order valence-electron chi connectivity index (χ0n) is 30.0. The van der Waals surface area contributed by atoms with Gasteiger partial charge in [0.15, 0.2) is 0 Å². The molecule has 2 saturated carbocycles. The van der Waals surface area contributed by atoms with Crippen LogP contribution in [0.5, 0.6) is 0 Å². The van der Waals surface area contributed by atoms with E-state index in [0.717, 1.165) is 24.0 Å². The molecular formula is C37H49ClN4O9S. The summed E-state index contributed by atoms with van der Waals surface area (Å²) in [4.78, 5) is 71.7. The van der Waals surface area contributed by atoms with E-state index in [1.807, 2.05) is 24.3 Å². The lowest BCUT2D eigenvalue weighted by Gasteiger charge is -2.30. The lowest BCUT2D eigenvalue weighted by atomic mass is 9.95. The molecule has 52 heavy (non-hydrogen) atoms. The molecule has 284 valence electrons. The number of allylic oxidation sites excluding steroid dienone is 1. The smallest absolute Gasteiger partial charge is 0.410 e. The Balaban J connectivity index is 1.25. The van der Waals surface area contributed by atoms with Gasteiger partial charge in [-0.15, -0.1) is 0 Å². The summed E-state index contributed by atoms with van der Waals surface area (Å²) in [5, 5.41) is 2.75. The topological polar surface area (TPSA) is 168 Å². The van der Waals surface area contributed by atoms with Crippen molar-refractivity contribution in [3.8, 4) is 0 Å². The van der Waals surface area contributed by atoms with Gasteiger partial charge < -0.3 is 24.6 Å². The number of nitrogens with zero attached hydrogens (tertiary/aromatic N) is 2. The van der Waals surface area contributed by atoms with Gasteiger partial charge in [0.2, 0.25) is 21.8 Å². The van der Waals surface area contributed by atoms with Crippen LogP contribution in [0, 0.1) is 11.8 Å². The number of sulfonamides is 1. The standard InChI is InChI=1S/C37H49ClN4O9S/c1-36(2,3)51-31(43)18-24-10-7-5-4-6-8-12-25-20-37(25,34(46)40-52(48,49)27-14-15-27)39-32(44)30-19-26(21-42(30)33(24)45)50-35(47)41-17-16-23-11-9-13-29(38)28(23)22-41/h8-9,11-13,24-27,30H,4-7,10,14-22H2,1-3H3,(H,39,44)(H,40,46)/b12-8-/t24-,25-,26-,30+,37-/m1/s1. The van der Waals surface area contributed by atoms with Gasteiger partial charge in [-0.2, -0.15) is 0 Å². The molecule has 1 aromatic rings. The predicted octanol–water partition coefficient (Wildman–Crippen LogP) is 4.16. The molecule has 5 atom stereocenters. The zero-order valence-corrected chi connectivity index (χ0v) is 31.6. The molecular weight excluding hydrogens is 712 g/mol. The molecule has 0 unspecified atom stereocenters. The largest absolute Gasteiger partial charge is 0.460 e. The van der Waals surface area contributed by atoms with Gasteiger partial charge in [0, 0.05) is 29.8 Å². The van der Waals surface area contributed by atoms with Crippen LogP contribution in [0.25, 0.3) is 0 Å². The highest BCUT2D eigenvalue weighted by molar-refractivity contribution is 7.91. The molecule has 4 amide bonds. The number of ether oxygens (including phenoxy) is 2. The van der Waals surface area contributed by atoms with Crippen molar-refractivity contribution in [1.82, 2.24) is 19.8 Å². The summed E-state index contributed by atoms with van der Waals surface area (Å²) in [6.45, 7) is 5.80. The monoisotopic (exact) mass is 760 g/mol. The Morgan fingerprint density at radius 1 is 1.10 bits per heavy atom. The molecule has 0 radical (unpaired) electrons. The number of nitrogens with one attached hydrogen (secondary N) is 2. The second kappa shape index (κ2) is 15.0. The average Bonchev–Trinajstić information content (AvgIpc) is 3.99. The molecule has 0 bridgehead atoms. The molecule has 2 N–H and O–H groups in total. The van der Waals surface area contributed by atoms with E-state index < -0.39 is 80.2 Å². The molecule has 0 aromatic heterocycles. The Hall–Kier alpha value is -3.65. The van der Waals surface area contributed by atoms with Crippen LogP contribution in [0.4, 0.5) is 4.79 Å². The summed E-state index contributed by atoms with van der Waals surface area (Å²) in [6, 6.07) is 4.46. The first-order valence-corrected chi connectivity index (χ1v) is 20.3. The highest BCUT2D eigenvalue weighted by Gasteiger charge is 2.62. The van der Waals surface area contributed by atoms with Gasteiger partial charge in [0.25, 0.3) is 5.91 Å². The number of rotatable bonds is 6. The maximum absolute atomic E-state index is 14.4. The first kappa shape index (κ1) is 38.1. The molecule has 15 heteroatoms. The quantitative estimate of drug-likeness (QED) is 0.320. The number of fused-ring (bicyclic) bond motifs is 3. The number of amides is 4. The van der Waals surface area contributed by atoms with Gasteiger partial charge in [-0.25, -0.2) is 13.2 Å². The molecule has 1 saturated heterocycles. The molecule has 3 heterocycles. The Bertz CT molecular complexity index is 1740. The summed E-state index contributed by atoms with van der Waals surface area (Å²) >= 11 is 6.43. The third kappa shape index (κ3) is 8.75. The molecule has 2 aliphatic carbocycles. The number of halogens is 1. The van der Waals surface area contributed by atoms with Crippen molar-refractivity contribution in [2.75, 3.05) is 13.1 Å². The second-order valence-corrected chi connectivity index (χ2v) is 18.2. The first-order valence-electron chi connectivity index (χ1n) is 18.4. The summed E-state index contributed by atoms with van der Waals surface area (Å²) in [6.07, 6.45) is 7.11. The van der Waals surface area contributed by atoms with Gasteiger partial charge >= 0.3 is 12.1 Å². The molecule has 13 nitrogen and oxygen atoms in total. The lowest BCUT2D eigenvalue weighted by Crippen LogP contribution is -2.57. The SMILES string of the molecule is CC(C)(C)OC(=O)C[C@H]1CCCCC/C=C\[C@@H]2C[C@@]2(C(=O)NS(=O)(=O)C2CC2)NC(=O)[C@@H]2C[C@@H](OC(=O)N3CCc4cccc(Cl)c4C3)CN2C1=O.